The van der Waals surface area contributed by atoms with Crippen LogP contribution in [0.5, 0.6) is 0 Å². The SMILES string of the molecule is Cc1[nH]c(=O)sc1S(=O)(=O)Nc1cccc(C(N)=O)c1. The minimum Gasteiger partial charge on any atom is -0.366 e. The van der Waals surface area contributed by atoms with Crippen LogP contribution in [0.4, 0.5) is 5.69 Å². The van der Waals surface area contributed by atoms with Gasteiger partial charge < -0.3 is 10.7 Å². The largest absolute Gasteiger partial charge is 0.366 e. The molecule has 0 unspecified atom stereocenters. The number of aromatic nitrogens is 1. The van der Waals surface area contributed by atoms with Crippen LogP contribution in [-0.4, -0.2) is 19.3 Å². The van der Waals surface area contributed by atoms with E-state index in [9.17, 15) is 18.0 Å². The Morgan fingerprint density at radius 1 is 1.40 bits per heavy atom. The number of anilines is 1. The molecule has 2 rings (SSSR count). The van der Waals surface area contributed by atoms with Gasteiger partial charge in [-0.1, -0.05) is 17.4 Å². The van der Waals surface area contributed by atoms with Crippen LogP contribution in [0.2, 0.25) is 0 Å². The Morgan fingerprint density at radius 3 is 2.65 bits per heavy atom. The van der Waals surface area contributed by atoms with Gasteiger partial charge in [-0.2, -0.15) is 0 Å². The Hall–Kier alpha value is -2.13. The Labute approximate surface area is 118 Å². The Morgan fingerprint density at radius 2 is 2.10 bits per heavy atom. The van der Waals surface area contributed by atoms with Crippen molar-refractivity contribution >= 4 is 33.0 Å². The highest BCUT2D eigenvalue weighted by molar-refractivity contribution is 7.94. The molecule has 0 aliphatic rings. The maximum atomic E-state index is 12.1. The molecular weight excluding hydrogens is 302 g/mol. The number of sulfonamides is 1. The summed E-state index contributed by atoms with van der Waals surface area (Å²) >= 11 is 0.598. The van der Waals surface area contributed by atoms with Gasteiger partial charge in [0.2, 0.25) is 5.91 Å². The Kier molecular flexibility index (Phi) is 3.64. The first-order valence-electron chi connectivity index (χ1n) is 5.42. The zero-order valence-electron chi connectivity index (χ0n) is 10.3. The van der Waals surface area contributed by atoms with Gasteiger partial charge in [-0.3, -0.25) is 14.3 Å². The van der Waals surface area contributed by atoms with Gasteiger partial charge in [-0.05, 0) is 25.1 Å². The number of rotatable bonds is 4. The number of carbonyl (C=O) groups excluding carboxylic acids is 1. The van der Waals surface area contributed by atoms with Crippen LogP contribution in [0.25, 0.3) is 0 Å². The zero-order valence-corrected chi connectivity index (χ0v) is 12.0. The molecule has 1 aromatic heterocycles. The predicted molar refractivity (Wildman–Crippen MR) is 75.4 cm³/mol. The van der Waals surface area contributed by atoms with Crippen molar-refractivity contribution in [1.29, 1.82) is 0 Å². The van der Waals surface area contributed by atoms with E-state index in [0.717, 1.165) is 0 Å². The fourth-order valence-corrected chi connectivity index (χ4v) is 3.94. The second kappa shape index (κ2) is 5.10. The summed E-state index contributed by atoms with van der Waals surface area (Å²) in [7, 11) is -3.88. The maximum Gasteiger partial charge on any atom is 0.306 e. The number of H-pyrrole nitrogens is 1. The van der Waals surface area contributed by atoms with Crippen LogP contribution < -0.4 is 15.3 Å². The number of aromatic amines is 1. The number of primary amides is 1. The lowest BCUT2D eigenvalue weighted by atomic mass is 10.2. The standard InChI is InChI=1S/C11H11N3O4S2/c1-6-10(19-11(16)13-6)20(17,18)14-8-4-2-3-7(5-8)9(12)15/h2-5,14H,1H3,(H2,12,15)(H,13,16). The lowest BCUT2D eigenvalue weighted by Crippen LogP contribution is -2.14. The predicted octanol–water partition coefficient (Wildman–Crippen LogP) is 0.645. The lowest BCUT2D eigenvalue weighted by Gasteiger charge is -2.07. The number of nitrogens with two attached hydrogens (primary N) is 1. The van der Waals surface area contributed by atoms with Crippen LogP contribution in [-0.2, 0) is 10.0 Å². The molecule has 20 heavy (non-hydrogen) atoms. The third kappa shape index (κ3) is 2.89. The van der Waals surface area contributed by atoms with Gasteiger partial charge in [-0.15, -0.1) is 0 Å². The molecule has 0 fully saturated rings. The van der Waals surface area contributed by atoms with Crippen LogP contribution in [0, 0.1) is 6.92 Å². The van der Waals surface area contributed by atoms with Gasteiger partial charge in [0.15, 0.2) is 4.21 Å². The van der Waals surface area contributed by atoms with Gasteiger partial charge >= 0.3 is 4.87 Å². The van der Waals surface area contributed by atoms with Crippen molar-refractivity contribution < 1.29 is 13.2 Å². The van der Waals surface area contributed by atoms with E-state index >= 15 is 0 Å². The maximum absolute atomic E-state index is 12.1. The monoisotopic (exact) mass is 313 g/mol. The summed E-state index contributed by atoms with van der Waals surface area (Å²) in [5.41, 5.74) is 5.77. The van der Waals surface area contributed by atoms with Crippen molar-refractivity contribution in [2.75, 3.05) is 4.72 Å². The fraction of sp³-hybridized carbons (Fsp3) is 0.0909. The summed E-state index contributed by atoms with van der Waals surface area (Å²) in [4.78, 5) is 24.2. The lowest BCUT2D eigenvalue weighted by molar-refractivity contribution is 0.100. The summed E-state index contributed by atoms with van der Waals surface area (Å²) in [6.45, 7) is 1.49. The first-order chi connectivity index (χ1) is 9.29. The van der Waals surface area contributed by atoms with Crippen molar-refractivity contribution in [1.82, 2.24) is 4.98 Å². The summed E-state index contributed by atoms with van der Waals surface area (Å²) in [6, 6.07) is 5.78. The van der Waals surface area contributed by atoms with E-state index < -0.39 is 20.8 Å². The number of aryl methyl sites for hydroxylation is 1. The number of carbonyl (C=O) groups is 1. The van der Waals surface area contributed by atoms with Gasteiger partial charge in [-0.25, -0.2) is 8.42 Å². The molecule has 0 saturated heterocycles. The van der Waals surface area contributed by atoms with Crippen molar-refractivity contribution in [3.8, 4) is 0 Å². The molecule has 0 spiro atoms. The number of nitrogens with one attached hydrogen (secondary N) is 2. The molecule has 0 saturated carbocycles. The summed E-state index contributed by atoms with van der Waals surface area (Å²) in [5, 5.41) is 0. The first-order valence-corrected chi connectivity index (χ1v) is 7.72. The normalized spacial score (nSPS) is 11.2. The van der Waals surface area contributed by atoms with E-state index in [-0.39, 0.29) is 21.2 Å². The highest BCUT2D eigenvalue weighted by atomic mass is 32.2. The van der Waals surface area contributed by atoms with Crippen LogP contribution in [0.15, 0.2) is 33.3 Å². The van der Waals surface area contributed by atoms with Gasteiger partial charge in [0.05, 0.1) is 0 Å². The summed E-state index contributed by atoms with van der Waals surface area (Å²) in [6.07, 6.45) is 0. The van der Waals surface area contributed by atoms with Crippen LogP contribution in [0.3, 0.4) is 0 Å². The van der Waals surface area contributed by atoms with Crippen molar-refractivity contribution in [2.24, 2.45) is 5.73 Å². The molecule has 7 nitrogen and oxygen atoms in total. The molecule has 0 radical (unpaired) electrons. The molecule has 0 bridgehead atoms. The quantitative estimate of drug-likeness (QED) is 0.766. The van der Waals surface area contributed by atoms with E-state index in [2.05, 4.69) is 9.71 Å². The second-order valence-corrected chi connectivity index (χ2v) is 6.84. The molecule has 4 N–H and O–H groups in total. The third-order valence-corrected chi connectivity index (χ3v) is 5.41. The van der Waals surface area contributed by atoms with E-state index in [1.165, 1.54) is 31.2 Å². The topological polar surface area (TPSA) is 122 Å². The molecule has 106 valence electrons. The van der Waals surface area contributed by atoms with Crippen molar-refractivity contribution in [3.63, 3.8) is 0 Å². The minimum absolute atomic E-state index is 0.0908. The van der Waals surface area contributed by atoms with Crippen LogP contribution >= 0.6 is 11.3 Å². The number of hydrogen-bond acceptors (Lipinski definition) is 5. The van der Waals surface area contributed by atoms with Gasteiger partial charge in [0.1, 0.15) is 0 Å². The van der Waals surface area contributed by atoms with Crippen LogP contribution in [0.1, 0.15) is 16.1 Å². The highest BCUT2D eigenvalue weighted by Gasteiger charge is 2.20. The Bertz CT molecular complexity index is 820. The van der Waals surface area contributed by atoms with Crippen molar-refractivity contribution in [2.45, 2.75) is 11.1 Å². The molecule has 2 aromatic rings. The molecule has 1 heterocycles. The molecule has 9 heteroatoms. The number of benzene rings is 1. The molecule has 1 amide bonds. The van der Waals surface area contributed by atoms with E-state index in [1.54, 1.807) is 0 Å². The first kappa shape index (κ1) is 14.3. The van der Waals surface area contributed by atoms with E-state index in [0.29, 0.717) is 11.3 Å². The van der Waals surface area contributed by atoms with Gasteiger partial charge in [0.25, 0.3) is 10.0 Å². The molecule has 0 aliphatic heterocycles. The average molecular weight is 313 g/mol. The number of amides is 1. The molecule has 0 atom stereocenters. The zero-order chi connectivity index (χ0) is 14.9. The third-order valence-electron chi connectivity index (χ3n) is 2.42. The second-order valence-electron chi connectivity index (χ2n) is 3.98. The van der Waals surface area contributed by atoms with Crippen molar-refractivity contribution in [3.05, 3.63) is 45.2 Å². The van der Waals surface area contributed by atoms with Gasteiger partial charge in [0, 0.05) is 16.9 Å². The Balaban J connectivity index is 2.38. The summed E-state index contributed by atoms with van der Waals surface area (Å²) in [5.74, 6) is -0.659. The summed E-state index contributed by atoms with van der Waals surface area (Å²) < 4.78 is 26.5. The number of thiazole rings is 1. The molecule has 0 aliphatic carbocycles. The average Bonchev–Trinajstić information content (AvgIpc) is 2.69. The smallest absolute Gasteiger partial charge is 0.306 e. The molecular formula is C11H11N3O4S2. The molecule has 1 aromatic carbocycles. The minimum atomic E-state index is -3.88. The highest BCUT2D eigenvalue weighted by Crippen LogP contribution is 2.20. The fourth-order valence-electron chi connectivity index (χ4n) is 1.58. The van der Waals surface area contributed by atoms with E-state index in [1.807, 2.05) is 0 Å². The van der Waals surface area contributed by atoms with E-state index in [4.69, 9.17) is 5.73 Å². The number of hydrogen-bond donors (Lipinski definition) is 3.